The maximum Gasteiger partial charge on any atom is 0.315 e. The van der Waals surface area contributed by atoms with Gasteiger partial charge in [-0.2, -0.15) is 0 Å². The maximum absolute atomic E-state index is 12.1. The lowest BCUT2D eigenvalue weighted by molar-refractivity contribution is -0.117. The van der Waals surface area contributed by atoms with Gasteiger partial charge in [0, 0.05) is 25.2 Å². The van der Waals surface area contributed by atoms with E-state index in [1.54, 1.807) is 4.90 Å². The summed E-state index contributed by atoms with van der Waals surface area (Å²) in [6.45, 7) is 5.45. The minimum Gasteiger partial charge on any atom is -0.494 e. The molecule has 0 saturated carbocycles. The fraction of sp³-hybridized carbons (Fsp3) is 0.467. The van der Waals surface area contributed by atoms with Crippen molar-refractivity contribution < 1.29 is 14.3 Å². The molecule has 21 heavy (non-hydrogen) atoms. The molecule has 0 spiro atoms. The molecule has 0 bridgehead atoms. The number of ether oxygens (including phenoxy) is 1. The summed E-state index contributed by atoms with van der Waals surface area (Å²) in [5.74, 6) is 0.797. The van der Waals surface area contributed by atoms with Crippen LogP contribution in [0.25, 0.3) is 0 Å². The van der Waals surface area contributed by atoms with E-state index in [-0.39, 0.29) is 18.0 Å². The van der Waals surface area contributed by atoms with Crippen LogP contribution in [0.5, 0.6) is 5.75 Å². The molecule has 0 radical (unpaired) electrons. The Kier molecular flexibility index (Phi) is 5.03. The fourth-order valence-electron chi connectivity index (χ4n) is 2.34. The number of carbonyl (C=O) groups excluding carboxylic acids is 2. The first-order chi connectivity index (χ1) is 10.1. The molecule has 1 saturated heterocycles. The van der Waals surface area contributed by atoms with Gasteiger partial charge < -0.3 is 20.3 Å². The zero-order chi connectivity index (χ0) is 15.2. The molecule has 1 fully saturated rings. The molecule has 1 aromatic carbocycles. The van der Waals surface area contributed by atoms with Gasteiger partial charge in [0.05, 0.1) is 12.6 Å². The van der Waals surface area contributed by atoms with Gasteiger partial charge >= 0.3 is 6.03 Å². The third-order valence-electron chi connectivity index (χ3n) is 3.26. The number of rotatable bonds is 5. The molecule has 1 heterocycles. The van der Waals surface area contributed by atoms with E-state index < -0.39 is 0 Å². The van der Waals surface area contributed by atoms with Crippen LogP contribution in [0.15, 0.2) is 24.3 Å². The second-order valence-corrected chi connectivity index (χ2v) is 4.84. The third-order valence-corrected chi connectivity index (χ3v) is 3.26. The molecule has 1 atom stereocenters. The summed E-state index contributed by atoms with van der Waals surface area (Å²) in [6, 6.07) is 7.02. The highest BCUT2D eigenvalue weighted by molar-refractivity contribution is 5.96. The minimum atomic E-state index is -0.233. The Bertz CT molecular complexity index is 501. The van der Waals surface area contributed by atoms with E-state index in [4.69, 9.17) is 4.74 Å². The molecule has 114 valence electrons. The average Bonchev–Trinajstić information content (AvgIpc) is 2.81. The Morgan fingerprint density at radius 1 is 1.33 bits per heavy atom. The lowest BCUT2D eigenvalue weighted by atomic mass is 10.2. The van der Waals surface area contributed by atoms with Crippen molar-refractivity contribution in [2.75, 3.05) is 24.6 Å². The lowest BCUT2D eigenvalue weighted by Crippen LogP contribution is -2.43. The molecule has 3 amide bonds. The van der Waals surface area contributed by atoms with Crippen molar-refractivity contribution in [1.82, 2.24) is 10.6 Å². The van der Waals surface area contributed by atoms with Crippen LogP contribution in [0, 0.1) is 0 Å². The molecule has 0 unspecified atom stereocenters. The highest BCUT2D eigenvalue weighted by Crippen LogP contribution is 2.24. The summed E-state index contributed by atoms with van der Waals surface area (Å²) in [7, 11) is 0. The molecule has 2 N–H and O–H groups in total. The largest absolute Gasteiger partial charge is 0.494 e. The highest BCUT2D eigenvalue weighted by atomic mass is 16.5. The molecule has 1 aromatic rings. The SMILES string of the molecule is CCNC(=O)N[C@@H]1CC(=O)N(c2ccc(OCC)cc2)C1. The van der Waals surface area contributed by atoms with Crippen LogP contribution in [0.4, 0.5) is 10.5 Å². The number of anilines is 1. The fourth-order valence-corrected chi connectivity index (χ4v) is 2.34. The predicted octanol–water partition coefficient (Wildman–Crippen LogP) is 1.51. The molecular weight excluding hydrogens is 270 g/mol. The molecule has 2 rings (SSSR count). The van der Waals surface area contributed by atoms with Crippen molar-refractivity contribution in [2.24, 2.45) is 0 Å². The Morgan fingerprint density at radius 3 is 2.67 bits per heavy atom. The van der Waals surface area contributed by atoms with Crippen molar-refractivity contribution in [3.05, 3.63) is 24.3 Å². The van der Waals surface area contributed by atoms with Crippen LogP contribution in [-0.4, -0.2) is 37.7 Å². The van der Waals surface area contributed by atoms with E-state index in [0.29, 0.717) is 26.1 Å². The molecule has 6 heteroatoms. The minimum absolute atomic E-state index is 0.0148. The molecule has 6 nitrogen and oxygen atoms in total. The smallest absolute Gasteiger partial charge is 0.315 e. The van der Waals surface area contributed by atoms with Crippen molar-refractivity contribution in [1.29, 1.82) is 0 Å². The first-order valence-electron chi connectivity index (χ1n) is 7.21. The van der Waals surface area contributed by atoms with Crippen LogP contribution in [0.3, 0.4) is 0 Å². The second-order valence-electron chi connectivity index (χ2n) is 4.84. The van der Waals surface area contributed by atoms with Gasteiger partial charge in [-0.15, -0.1) is 0 Å². The van der Waals surface area contributed by atoms with Crippen LogP contribution in [-0.2, 0) is 4.79 Å². The number of nitrogens with one attached hydrogen (secondary N) is 2. The molecule has 1 aliphatic rings. The number of benzene rings is 1. The molecule has 0 aromatic heterocycles. The summed E-state index contributed by atoms with van der Waals surface area (Å²) in [5.41, 5.74) is 0.823. The number of nitrogens with zero attached hydrogens (tertiary/aromatic N) is 1. The predicted molar refractivity (Wildman–Crippen MR) is 80.6 cm³/mol. The van der Waals surface area contributed by atoms with Crippen LogP contribution in [0.2, 0.25) is 0 Å². The standard InChI is InChI=1S/C15H21N3O3/c1-3-16-15(20)17-11-9-14(19)18(10-11)12-5-7-13(8-6-12)21-4-2/h5-8,11H,3-4,9-10H2,1-2H3,(H2,16,17,20)/t11-/m1/s1. The van der Waals surface area contributed by atoms with Crippen molar-refractivity contribution >= 4 is 17.6 Å². The Hall–Kier alpha value is -2.24. The van der Waals surface area contributed by atoms with Crippen molar-refractivity contribution in [2.45, 2.75) is 26.3 Å². The Labute approximate surface area is 124 Å². The van der Waals surface area contributed by atoms with Crippen molar-refractivity contribution in [3.8, 4) is 5.75 Å². The van der Waals surface area contributed by atoms with E-state index >= 15 is 0 Å². The Morgan fingerprint density at radius 2 is 2.05 bits per heavy atom. The van der Waals surface area contributed by atoms with Crippen molar-refractivity contribution in [3.63, 3.8) is 0 Å². The van der Waals surface area contributed by atoms with Gasteiger partial charge in [0.15, 0.2) is 0 Å². The normalized spacial score (nSPS) is 17.7. The summed E-state index contributed by atoms with van der Waals surface area (Å²) in [6.07, 6.45) is 0.324. The van der Waals surface area contributed by atoms with Gasteiger partial charge in [-0.25, -0.2) is 4.79 Å². The van der Waals surface area contributed by atoms with Gasteiger partial charge in [-0.1, -0.05) is 0 Å². The summed E-state index contributed by atoms with van der Waals surface area (Å²) in [5, 5.41) is 5.47. The molecule has 0 aliphatic carbocycles. The summed E-state index contributed by atoms with van der Waals surface area (Å²) >= 11 is 0. The van der Waals surface area contributed by atoms with Crippen LogP contribution < -0.4 is 20.3 Å². The van der Waals surface area contributed by atoms with Gasteiger partial charge in [0.2, 0.25) is 5.91 Å². The monoisotopic (exact) mass is 291 g/mol. The van der Waals surface area contributed by atoms with E-state index in [2.05, 4.69) is 10.6 Å². The first-order valence-corrected chi connectivity index (χ1v) is 7.21. The zero-order valence-electron chi connectivity index (χ0n) is 12.4. The third kappa shape index (κ3) is 3.87. The van der Waals surface area contributed by atoms with Gasteiger partial charge in [0.25, 0.3) is 0 Å². The molecule has 1 aliphatic heterocycles. The molecular formula is C15H21N3O3. The number of urea groups is 1. The van der Waals surface area contributed by atoms with E-state index in [9.17, 15) is 9.59 Å². The maximum atomic E-state index is 12.1. The van der Waals surface area contributed by atoms with E-state index in [0.717, 1.165) is 11.4 Å². The first kappa shape index (κ1) is 15.2. The lowest BCUT2D eigenvalue weighted by Gasteiger charge is -2.17. The quantitative estimate of drug-likeness (QED) is 0.864. The number of hydrogen-bond acceptors (Lipinski definition) is 3. The second kappa shape index (κ2) is 6.97. The van der Waals surface area contributed by atoms with E-state index in [1.807, 2.05) is 38.1 Å². The summed E-state index contributed by atoms with van der Waals surface area (Å²) in [4.78, 5) is 25.2. The van der Waals surface area contributed by atoms with Gasteiger partial charge in [0.1, 0.15) is 5.75 Å². The summed E-state index contributed by atoms with van der Waals surface area (Å²) < 4.78 is 5.38. The number of amides is 3. The van der Waals surface area contributed by atoms with Crippen LogP contribution in [0.1, 0.15) is 20.3 Å². The number of hydrogen-bond donors (Lipinski definition) is 2. The Balaban J connectivity index is 1.97. The topological polar surface area (TPSA) is 70.7 Å². The number of carbonyl (C=O) groups is 2. The zero-order valence-corrected chi connectivity index (χ0v) is 12.4. The average molecular weight is 291 g/mol. The van der Waals surface area contributed by atoms with Gasteiger partial charge in [-0.05, 0) is 38.1 Å². The highest BCUT2D eigenvalue weighted by Gasteiger charge is 2.31. The van der Waals surface area contributed by atoms with Crippen LogP contribution >= 0.6 is 0 Å². The van der Waals surface area contributed by atoms with Gasteiger partial charge in [-0.3, -0.25) is 4.79 Å². The van der Waals surface area contributed by atoms with E-state index in [1.165, 1.54) is 0 Å².